The largest absolute Gasteiger partial charge is 0.478 e. The number of aromatic carboxylic acids is 1. The number of benzene rings is 1. The Hall–Kier alpha value is -1.80. The number of alkyl halides is 1. The summed E-state index contributed by atoms with van der Waals surface area (Å²) >= 11 is 3.20. The van der Waals surface area contributed by atoms with Crippen molar-refractivity contribution < 1.29 is 19.4 Å². The Morgan fingerprint density at radius 1 is 1.37 bits per heavy atom. The van der Waals surface area contributed by atoms with Gasteiger partial charge in [0.1, 0.15) is 18.2 Å². The van der Waals surface area contributed by atoms with Crippen LogP contribution in [0.1, 0.15) is 22.0 Å². The Bertz CT molecular complexity index is 608. The number of aromatic nitrogens is 3. The maximum absolute atomic E-state index is 13.2. The Labute approximate surface area is 115 Å². The highest BCUT2D eigenvalue weighted by molar-refractivity contribution is 9.08. The normalized spacial score (nSPS) is 10.7. The Morgan fingerprint density at radius 3 is 2.63 bits per heavy atom. The second-order valence-electron chi connectivity index (χ2n) is 3.63. The van der Waals surface area contributed by atoms with Crippen LogP contribution in [-0.2, 0) is 11.9 Å². The van der Waals surface area contributed by atoms with E-state index >= 15 is 0 Å². The summed E-state index contributed by atoms with van der Waals surface area (Å²) in [5, 5.41) is 26.2. The van der Waals surface area contributed by atoms with Gasteiger partial charge in [0.15, 0.2) is 5.82 Å². The van der Waals surface area contributed by atoms with Gasteiger partial charge >= 0.3 is 5.97 Å². The first-order valence-corrected chi connectivity index (χ1v) is 6.33. The second-order valence-corrected chi connectivity index (χ2v) is 4.19. The van der Waals surface area contributed by atoms with Crippen LogP contribution >= 0.6 is 15.9 Å². The Balaban J connectivity index is 2.71. The summed E-state index contributed by atoms with van der Waals surface area (Å²) in [5.74, 6) is -1.32. The second kappa shape index (κ2) is 5.45. The van der Waals surface area contributed by atoms with Gasteiger partial charge < -0.3 is 10.2 Å². The first-order valence-electron chi connectivity index (χ1n) is 5.21. The van der Waals surface area contributed by atoms with Gasteiger partial charge in [-0.25, -0.2) is 9.18 Å². The average Bonchev–Trinajstić information content (AvgIpc) is 2.81. The quantitative estimate of drug-likeness (QED) is 0.830. The molecule has 0 aliphatic carbocycles. The van der Waals surface area contributed by atoms with Crippen molar-refractivity contribution in [3.8, 4) is 5.69 Å². The highest BCUT2D eigenvalue weighted by atomic mass is 79.9. The number of aliphatic hydroxyl groups excluding tert-OH is 1. The van der Waals surface area contributed by atoms with Gasteiger partial charge in [-0.15, -0.1) is 10.2 Å². The lowest BCUT2D eigenvalue weighted by atomic mass is 10.1. The van der Waals surface area contributed by atoms with Crippen LogP contribution in [0.25, 0.3) is 5.69 Å². The molecule has 0 fully saturated rings. The number of rotatable bonds is 4. The third kappa shape index (κ3) is 2.49. The van der Waals surface area contributed by atoms with Crippen LogP contribution in [0.3, 0.4) is 0 Å². The monoisotopic (exact) mass is 329 g/mol. The fourth-order valence-corrected chi connectivity index (χ4v) is 2.06. The van der Waals surface area contributed by atoms with Gasteiger partial charge in [-0.1, -0.05) is 15.9 Å². The fraction of sp³-hybridized carbons (Fsp3) is 0.182. The first kappa shape index (κ1) is 13.6. The fourth-order valence-electron chi connectivity index (χ4n) is 1.70. The van der Waals surface area contributed by atoms with Gasteiger partial charge in [-0.3, -0.25) is 4.57 Å². The summed E-state index contributed by atoms with van der Waals surface area (Å²) in [4.78, 5) is 11.2. The maximum Gasteiger partial charge on any atom is 0.337 e. The van der Waals surface area contributed by atoms with E-state index in [4.69, 9.17) is 5.11 Å². The number of nitrogens with zero attached hydrogens (tertiary/aromatic N) is 3. The van der Waals surface area contributed by atoms with E-state index in [1.165, 1.54) is 10.6 Å². The standard InChI is InChI=1S/C11H9BrFN3O3/c12-4-9-14-15-10(5-17)16(9)8-2-1-6(13)3-7(8)11(18)19/h1-3,17H,4-5H2,(H,18,19). The minimum absolute atomic E-state index is 0.184. The van der Waals surface area contributed by atoms with Gasteiger partial charge in [0.25, 0.3) is 0 Å². The molecular formula is C11H9BrFN3O3. The molecule has 2 aromatic rings. The molecule has 0 saturated carbocycles. The van der Waals surface area contributed by atoms with Crippen molar-refractivity contribution in [2.24, 2.45) is 0 Å². The van der Waals surface area contributed by atoms with Gasteiger partial charge in [0.05, 0.1) is 16.6 Å². The minimum Gasteiger partial charge on any atom is -0.478 e. The van der Waals surface area contributed by atoms with Gasteiger partial charge in [0, 0.05) is 0 Å². The molecule has 0 spiro atoms. The average molecular weight is 330 g/mol. The molecule has 1 aromatic heterocycles. The molecule has 6 nitrogen and oxygen atoms in total. The predicted molar refractivity (Wildman–Crippen MR) is 66.8 cm³/mol. The lowest BCUT2D eigenvalue weighted by molar-refractivity contribution is 0.0696. The van der Waals surface area contributed by atoms with Crippen molar-refractivity contribution in [1.82, 2.24) is 14.8 Å². The Morgan fingerprint density at radius 2 is 2.05 bits per heavy atom. The first-order chi connectivity index (χ1) is 9.08. The van der Waals surface area contributed by atoms with Crippen molar-refractivity contribution in [2.45, 2.75) is 11.9 Å². The van der Waals surface area contributed by atoms with Crippen molar-refractivity contribution in [3.63, 3.8) is 0 Å². The number of aliphatic hydroxyl groups is 1. The molecule has 0 bridgehead atoms. The molecule has 1 aromatic carbocycles. The van der Waals surface area contributed by atoms with E-state index in [1.54, 1.807) is 0 Å². The maximum atomic E-state index is 13.2. The molecule has 0 amide bonds. The van der Waals surface area contributed by atoms with Gasteiger partial charge in [-0.05, 0) is 18.2 Å². The Kier molecular flexibility index (Phi) is 3.91. The molecule has 100 valence electrons. The SMILES string of the molecule is O=C(O)c1cc(F)ccc1-n1c(CO)nnc1CBr. The minimum atomic E-state index is -1.27. The molecule has 0 unspecified atom stereocenters. The number of halogens is 2. The number of carboxylic acid groups (broad SMARTS) is 1. The van der Waals surface area contributed by atoms with Crippen molar-refractivity contribution in [2.75, 3.05) is 0 Å². The lowest BCUT2D eigenvalue weighted by Crippen LogP contribution is -2.11. The van der Waals surface area contributed by atoms with Crippen LogP contribution in [0.2, 0.25) is 0 Å². The third-order valence-electron chi connectivity index (χ3n) is 2.49. The summed E-state index contributed by atoms with van der Waals surface area (Å²) in [6.07, 6.45) is 0. The van der Waals surface area contributed by atoms with Crippen molar-refractivity contribution in [3.05, 3.63) is 41.2 Å². The highest BCUT2D eigenvalue weighted by Crippen LogP contribution is 2.21. The number of carbonyl (C=O) groups is 1. The lowest BCUT2D eigenvalue weighted by Gasteiger charge is -2.11. The summed E-state index contributed by atoms with van der Waals surface area (Å²) in [6.45, 7) is -0.406. The summed E-state index contributed by atoms with van der Waals surface area (Å²) < 4.78 is 14.5. The highest BCUT2D eigenvalue weighted by Gasteiger charge is 2.19. The summed E-state index contributed by atoms with van der Waals surface area (Å²) in [7, 11) is 0. The van der Waals surface area contributed by atoms with Crippen LogP contribution in [0.5, 0.6) is 0 Å². The summed E-state index contributed by atoms with van der Waals surface area (Å²) in [5.41, 5.74) is -0.0194. The van der Waals surface area contributed by atoms with E-state index in [1.807, 2.05) is 0 Å². The van der Waals surface area contributed by atoms with Gasteiger partial charge in [-0.2, -0.15) is 0 Å². The zero-order chi connectivity index (χ0) is 14.0. The van der Waals surface area contributed by atoms with E-state index in [-0.39, 0.29) is 17.1 Å². The van der Waals surface area contributed by atoms with Crippen molar-refractivity contribution >= 4 is 21.9 Å². The van der Waals surface area contributed by atoms with Gasteiger partial charge in [0.2, 0.25) is 0 Å². The summed E-state index contributed by atoms with van der Waals surface area (Å²) in [6, 6.07) is 3.37. The third-order valence-corrected chi connectivity index (χ3v) is 2.99. The number of carboxylic acids is 1. The molecular weight excluding hydrogens is 321 g/mol. The smallest absolute Gasteiger partial charge is 0.337 e. The van der Waals surface area contributed by atoms with E-state index in [9.17, 15) is 14.3 Å². The zero-order valence-corrected chi connectivity index (χ0v) is 11.1. The molecule has 1 heterocycles. The van der Waals surface area contributed by atoms with Crippen LogP contribution in [0.15, 0.2) is 18.2 Å². The van der Waals surface area contributed by atoms with E-state index in [2.05, 4.69) is 26.1 Å². The zero-order valence-electron chi connectivity index (χ0n) is 9.55. The topological polar surface area (TPSA) is 88.2 Å². The molecule has 0 aliphatic rings. The predicted octanol–water partition coefficient (Wildman–Crippen LogP) is 1.49. The number of hydrogen-bond donors (Lipinski definition) is 2. The van der Waals surface area contributed by atoms with Crippen LogP contribution < -0.4 is 0 Å². The van der Waals surface area contributed by atoms with E-state index < -0.39 is 18.4 Å². The molecule has 2 N–H and O–H groups in total. The molecule has 2 rings (SSSR count). The van der Waals surface area contributed by atoms with Crippen molar-refractivity contribution in [1.29, 1.82) is 0 Å². The van der Waals surface area contributed by atoms with Crippen LogP contribution in [0, 0.1) is 5.82 Å². The molecule has 19 heavy (non-hydrogen) atoms. The molecule has 0 radical (unpaired) electrons. The molecule has 0 atom stereocenters. The molecule has 8 heteroatoms. The van der Waals surface area contributed by atoms with E-state index in [0.717, 1.165) is 12.1 Å². The molecule has 0 saturated heterocycles. The van der Waals surface area contributed by atoms with E-state index in [0.29, 0.717) is 11.2 Å². The molecule has 0 aliphatic heterocycles. The van der Waals surface area contributed by atoms with Crippen LogP contribution in [0.4, 0.5) is 4.39 Å². The number of hydrogen-bond acceptors (Lipinski definition) is 4. The van der Waals surface area contributed by atoms with Crippen LogP contribution in [-0.4, -0.2) is 30.9 Å².